The van der Waals surface area contributed by atoms with E-state index in [1.807, 2.05) is 24.3 Å². The number of oxazole rings is 1. The van der Waals surface area contributed by atoms with Gasteiger partial charge in [-0.05, 0) is 66.4 Å². The Bertz CT molecular complexity index is 1250. The van der Waals surface area contributed by atoms with Crippen molar-refractivity contribution in [3.05, 3.63) is 76.3 Å². The molecule has 3 aromatic carbocycles. The Morgan fingerprint density at radius 1 is 1.09 bits per heavy atom. The molecule has 0 fully saturated rings. The number of rotatable bonds is 7. The fourth-order valence-electron chi connectivity index (χ4n) is 3.26. The van der Waals surface area contributed by atoms with E-state index in [9.17, 15) is 4.79 Å². The van der Waals surface area contributed by atoms with Crippen LogP contribution in [0.3, 0.4) is 0 Å². The highest BCUT2D eigenvalue weighted by Gasteiger charge is 2.13. The van der Waals surface area contributed by atoms with E-state index in [1.165, 1.54) is 5.56 Å². The molecule has 1 heterocycles. The van der Waals surface area contributed by atoms with Gasteiger partial charge in [0, 0.05) is 10.7 Å². The number of hydrogen-bond donors (Lipinski definition) is 1. The van der Waals surface area contributed by atoms with E-state index in [4.69, 9.17) is 32.4 Å². The molecule has 4 rings (SSSR count). The molecular weight excluding hydrogens is 447 g/mol. The molecule has 0 aliphatic heterocycles. The quantitative estimate of drug-likeness (QED) is 0.308. The fourth-order valence-corrected chi connectivity index (χ4v) is 3.75. The van der Waals surface area contributed by atoms with Gasteiger partial charge in [-0.25, -0.2) is 4.98 Å². The van der Waals surface area contributed by atoms with E-state index in [1.54, 1.807) is 36.4 Å². The Kier molecular flexibility index (Phi) is 6.68. The first-order valence-electron chi connectivity index (χ1n) is 10.3. The molecule has 0 aliphatic rings. The zero-order valence-corrected chi connectivity index (χ0v) is 19.2. The van der Waals surface area contributed by atoms with Gasteiger partial charge in [-0.3, -0.25) is 4.79 Å². The summed E-state index contributed by atoms with van der Waals surface area (Å²) in [6, 6.07) is 18.2. The van der Waals surface area contributed by atoms with Crippen LogP contribution >= 0.6 is 23.2 Å². The van der Waals surface area contributed by atoms with Gasteiger partial charge in [0.1, 0.15) is 11.3 Å². The third-order valence-electron chi connectivity index (χ3n) is 5.26. The van der Waals surface area contributed by atoms with Gasteiger partial charge in [0.2, 0.25) is 5.89 Å². The average Bonchev–Trinajstić information content (AvgIpc) is 3.20. The smallest absolute Gasteiger partial charge is 0.262 e. The third-order valence-corrected chi connectivity index (χ3v) is 5.81. The minimum Gasteiger partial charge on any atom is -0.484 e. The van der Waals surface area contributed by atoms with Crippen molar-refractivity contribution in [2.75, 3.05) is 11.9 Å². The molecule has 1 atom stereocenters. The highest BCUT2D eigenvalue weighted by Crippen LogP contribution is 2.32. The lowest BCUT2D eigenvalue weighted by molar-refractivity contribution is -0.118. The molecule has 0 radical (unpaired) electrons. The van der Waals surface area contributed by atoms with Crippen LogP contribution in [-0.4, -0.2) is 17.5 Å². The first-order valence-corrected chi connectivity index (χ1v) is 11.1. The van der Waals surface area contributed by atoms with E-state index in [2.05, 4.69) is 24.1 Å². The van der Waals surface area contributed by atoms with Crippen molar-refractivity contribution >= 4 is 45.9 Å². The zero-order valence-electron chi connectivity index (χ0n) is 17.7. The van der Waals surface area contributed by atoms with E-state index in [-0.39, 0.29) is 12.5 Å². The van der Waals surface area contributed by atoms with Gasteiger partial charge in [0.15, 0.2) is 12.2 Å². The topological polar surface area (TPSA) is 64.4 Å². The lowest BCUT2D eigenvalue weighted by Gasteiger charge is -2.11. The molecule has 0 unspecified atom stereocenters. The highest BCUT2D eigenvalue weighted by molar-refractivity contribution is 6.36. The summed E-state index contributed by atoms with van der Waals surface area (Å²) >= 11 is 12.2. The van der Waals surface area contributed by atoms with Gasteiger partial charge in [0.25, 0.3) is 5.91 Å². The number of nitrogens with zero attached hydrogens (tertiary/aromatic N) is 1. The number of hydrogen-bond acceptors (Lipinski definition) is 4. The number of fused-ring (bicyclic) bond motifs is 1. The number of benzene rings is 3. The fraction of sp³-hybridized carbons (Fsp3) is 0.200. The van der Waals surface area contributed by atoms with Crippen molar-refractivity contribution in [3.8, 4) is 17.2 Å². The minimum atomic E-state index is -0.264. The monoisotopic (exact) mass is 468 g/mol. The Balaban J connectivity index is 1.41. The normalized spacial score (nSPS) is 12.0. The molecule has 0 bridgehead atoms. The summed E-state index contributed by atoms with van der Waals surface area (Å²) in [6.45, 7) is 4.25. The van der Waals surface area contributed by atoms with E-state index in [0.717, 1.165) is 6.42 Å². The number of ether oxygens (including phenoxy) is 1. The Morgan fingerprint density at radius 2 is 1.88 bits per heavy atom. The second-order valence-electron chi connectivity index (χ2n) is 7.54. The van der Waals surface area contributed by atoms with Crippen LogP contribution in [0.25, 0.3) is 22.6 Å². The number of amides is 1. The summed E-state index contributed by atoms with van der Waals surface area (Å²) in [5.74, 6) is 1.27. The van der Waals surface area contributed by atoms with E-state index in [0.29, 0.717) is 50.0 Å². The molecule has 0 aliphatic carbocycles. The molecule has 0 spiro atoms. The zero-order chi connectivity index (χ0) is 22.7. The van der Waals surface area contributed by atoms with Crippen molar-refractivity contribution in [3.63, 3.8) is 0 Å². The molecule has 164 valence electrons. The molecule has 0 saturated carbocycles. The van der Waals surface area contributed by atoms with Crippen LogP contribution in [0.15, 0.2) is 65.1 Å². The molecule has 1 aromatic heterocycles. The summed E-state index contributed by atoms with van der Waals surface area (Å²) in [5.41, 5.74) is 3.68. The van der Waals surface area contributed by atoms with Crippen LogP contribution in [0.5, 0.6) is 5.75 Å². The standard InChI is InChI=1S/C25H22Cl2N2O3/c1-3-15(2)16-4-8-19(9-5-16)31-14-24(30)28-18-7-11-23-22(13-18)29-25(32-23)20-10-6-17(26)12-21(20)27/h4-13,15H,3,14H2,1-2H3,(H,28,30)/t15-/m1/s1. The Morgan fingerprint density at radius 3 is 2.59 bits per heavy atom. The number of nitrogens with one attached hydrogen (secondary N) is 1. The molecule has 1 amide bonds. The number of halogens is 2. The van der Waals surface area contributed by atoms with Gasteiger partial charge < -0.3 is 14.5 Å². The van der Waals surface area contributed by atoms with Gasteiger partial charge in [0.05, 0.1) is 10.6 Å². The summed E-state index contributed by atoms with van der Waals surface area (Å²) in [5, 5.41) is 3.81. The van der Waals surface area contributed by atoms with Gasteiger partial charge in [-0.15, -0.1) is 0 Å². The maximum absolute atomic E-state index is 12.3. The summed E-state index contributed by atoms with van der Waals surface area (Å²) < 4.78 is 11.4. The predicted molar refractivity (Wildman–Crippen MR) is 129 cm³/mol. The van der Waals surface area contributed by atoms with Crippen molar-refractivity contribution in [1.82, 2.24) is 4.98 Å². The molecule has 7 heteroatoms. The molecule has 4 aromatic rings. The first-order chi connectivity index (χ1) is 15.4. The summed E-state index contributed by atoms with van der Waals surface area (Å²) in [4.78, 5) is 16.8. The van der Waals surface area contributed by atoms with Crippen LogP contribution in [0.1, 0.15) is 31.7 Å². The Hall–Kier alpha value is -3.02. The highest BCUT2D eigenvalue weighted by atomic mass is 35.5. The van der Waals surface area contributed by atoms with Gasteiger partial charge >= 0.3 is 0 Å². The number of carbonyl (C=O) groups is 1. The van der Waals surface area contributed by atoms with Gasteiger partial charge in [-0.2, -0.15) is 0 Å². The molecule has 0 saturated heterocycles. The maximum atomic E-state index is 12.3. The molecule has 1 N–H and O–H groups in total. The lowest BCUT2D eigenvalue weighted by Crippen LogP contribution is -2.20. The minimum absolute atomic E-state index is 0.0921. The van der Waals surface area contributed by atoms with E-state index < -0.39 is 0 Å². The van der Waals surface area contributed by atoms with Crippen molar-refractivity contribution in [1.29, 1.82) is 0 Å². The second-order valence-corrected chi connectivity index (χ2v) is 8.38. The van der Waals surface area contributed by atoms with Crippen molar-refractivity contribution in [2.24, 2.45) is 0 Å². The molecular formula is C25H22Cl2N2O3. The predicted octanol–water partition coefficient (Wildman–Crippen LogP) is 7.33. The maximum Gasteiger partial charge on any atom is 0.262 e. The van der Waals surface area contributed by atoms with Crippen LogP contribution in [0, 0.1) is 0 Å². The SMILES string of the molecule is CC[C@@H](C)c1ccc(OCC(=O)Nc2ccc3oc(-c4ccc(Cl)cc4Cl)nc3c2)cc1. The molecule has 32 heavy (non-hydrogen) atoms. The van der Waals surface area contributed by atoms with Crippen LogP contribution in [0.4, 0.5) is 5.69 Å². The van der Waals surface area contributed by atoms with Gasteiger partial charge in [-0.1, -0.05) is 49.2 Å². The van der Waals surface area contributed by atoms with Crippen molar-refractivity contribution in [2.45, 2.75) is 26.2 Å². The molecule has 5 nitrogen and oxygen atoms in total. The van der Waals surface area contributed by atoms with Crippen molar-refractivity contribution < 1.29 is 13.9 Å². The van der Waals surface area contributed by atoms with Crippen LogP contribution in [-0.2, 0) is 4.79 Å². The Labute approximate surface area is 196 Å². The van der Waals surface area contributed by atoms with E-state index >= 15 is 0 Å². The largest absolute Gasteiger partial charge is 0.484 e. The first kappa shape index (κ1) is 22.2. The average molecular weight is 469 g/mol. The lowest BCUT2D eigenvalue weighted by atomic mass is 9.99. The summed E-state index contributed by atoms with van der Waals surface area (Å²) in [7, 11) is 0. The van der Waals surface area contributed by atoms with Crippen LogP contribution in [0.2, 0.25) is 10.0 Å². The summed E-state index contributed by atoms with van der Waals surface area (Å²) in [6.07, 6.45) is 1.08. The number of aromatic nitrogens is 1. The van der Waals surface area contributed by atoms with Crippen LogP contribution < -0.4 is 10.1 Å². The number of carbonyl (C=O) groups excluding carboxylic acids is 1. The number of anilines is 1. The third kappa shape index (κ3) is 5.06. The second kappa shape index (κ2) is 9.63.